The summed E-state index contributed by atoms with van der Waals surface area (Å²) in [5.41, 5.74) is 2.71. The van der Waals surface area contributed by atoms with Crippen LogP contribution in [0.25, 0.3) is 0 Å². The van der Waals surface area contributed by atoms with Gasteiger partial charge in [-0.3, -0.25) is 0 Å². The predicted molar refractivity (Wildman–Crippen MR) is 81.2 cm³/mol. The fraction of sp³-hybridized carbons (Fsp3) is 0.556. The van der Waals surface area contributed by atoms with E-state index in [1.54, 1.807) is 0 Å². The van der Waals surface area contributed by atoms with E-state index in [2.05, 4.69) is 50.3 Å². The second kappa shape index (κ2) is 6.91. The first-order chi connectivity index (χ1) is 9.20. The summed E-state index contributed by atoms with van der Waals surface area (Å²) in [5, 5.41) is 10.3. The van der Waals surface area contributed by atoms with Crippen molar-refractivity contribution in [2.75, 3.05) is 0 Å². The van der Waals surface area contributed by atoms with Crippen LogP contribution in [0.2, 0.25) is 0 Å². The summed E-state index contributed by atoms with van der Waals surface area (Å²) in [6, 6.07) is 10.7. The van der Waals surface area contributed by atoms with Crippen LogP contribution < -0.4 is 0 Å². The Hall–Kier alpha value is -1.08. The number of allylic oxidation sites excluding steroid dienone is 1. The Labute approximate surface area is 117 Å². The highest BCUT2D eigenvalue weighted by atomic mass is 16.3. The minimum atomic E-state index is -0.294. The molecule has 1 aliphatic rings. The smallest absolute Gasteiger partial charge is 0.0729 e. The first-order valence-corrected chi connectivity index (χ1v) is 7.61. The van der Waals surface area contributed by atoms with Crippen LogP contribution in [0.1, 0.15) is 57.4 Å². The molecule has 0 saturated heterocycles. The maximum atomic E-state index is 10.3. The Balaban J connectivity index is 2.00. The summed E-state index contributed by atoms with van der Waals surface area (Å²) in [6.45, 7) is 4.31. The normalized spacial score (nSPS) is 19.2. The minimum Gasteiger partial charge on any atom is -0.389 e. The van der Waals surface area contributed by atoms with Crippen LogP contribution in [0, 0.1) is 5.92 Å². The average molecular weight is 258 g/mol. The molecular weight excluding hydrogens is 232 g/mol. The van der Waals surface area contributed by atoms with Gasteiger partial charge in [-0.2, -0.15) is 0 Å². The molecule has 0 bridgehead atoms. The summed E-state index contributed by atoms with van der Waals surface area (Å²) in [5.74, 6) is 1.32. The van der Waals surface area contributed by atoms with E-state index in [1.165, 1.54) is 24.0 Å². The Morgan fingerprint density at radius 1 is 1.32 bits per heavy atom. The maximum absolute atomic E-state index is 10.3. The number of hydrogen-bond donors (Lipinski definition) is 1. The quantitative estimate of drug-likeness (QED) is 0.704. The molecule has 1 N–H and O–H groups in total. The Morgan fingerprint density at radius 3 is 2.58 bits per heavy atom. The lowest BCUT2D eigenvalue weighted by Gasteiger charge is -2.19. The van der Waals surface area contributed by atoms with Crippen LogP contribution >= 0.6 is 0 Å². The van der Waals surface area contributed by atoms with Crippen molar-refractivity contribution in [3.05, 3.63) is 47.5 Å². The van der Waals surface area contributed by atoms with Gasteiger partial charge in [0.25, 0.3) is 0 Å². The second-order valence-corrected chi connectivity index (χ2v) is 5.92. The third-order valence-corrected chi connectivity index (χ3v) is 4.04. The zero-order valence-electron chi connectivity index (χ0n) is 12.2. The predicted octanol–water partition coefficient (Wildman–Crippen LogP) is 4.68. The van der Waals surface area contributed by atoms with Crippen molar-refractivity contribution in [1.82, 2.24) is 0 Å². The van der Waals surface area contributed by atoms with Gasteiger partial charge in [-0.25, -0.2) is 0 Å². The molecule has 1 aromatic carbocycles. The van der Waals surface area contributed by atoms with Gasteiger partial charge in [-0.05, 0) is 50.0 Å². The van der Waals surface area contributed by atoms with Crippen molar-refractivity contribution in [3.8, 4) is 0 Å². The zero-order chi connectivity index (χ0) is 13.7. The fourth-order valence-electron chi connectivity index (χ4n) is 2.93. The molecule has 2 unspecified atom stereocenters. The lowest BCUT2D eigenvalue weighted by molar-refractivity contribution is 0.196. The van der Waals surface area contributed by atoms with Crippen molar-refractivity contribution in [3.63, 3.8) is 0 Å². The van der Waals surface area contributed by atoms with E-state index in [9.17, 15) is 5.11 Å². The molecule has 1 heteroatoms. The molecule has 0 aromatic heterocycles. The van der Waals surface area contributed by atoms with E-state index in [4.69, 9.17) is 0 Å². The summed E-state index contributed by atoms with van der Waals surface area (Å²) >= 11 is 0. The van der Waals surface area contributed by atoms with E-state index in [-0.39, 0.29) is 6.10 Å². The van der Waals surface area contributed by atoms with Crippen LogP contribution in [0.3, 0.4) is 0 Å². The van der Waals surface area contributed by atoms with Gasteiger partial charge in [0, 0.05) is 0 Å². The second-order valence-electron chi connectivity index (χ2n) is 5.92. The highest BCUT2D eigenvalue weighted by Crippen LogP contribution is 2.45. The molecule has 0 heterocycles. The molecule has 19 heavy (non-hydrogen) atoms. The van der Waals surface area contributed by atoms with E-state index in [0.717, 1.165) is 25.2 Å². The van der Waals surface area contributed by atoms with Gasteiger partial charge in [0.2, 0.25) is 0 Å². The molecule has 1 saturated carbocycles. The molecule has 0 aliphatic heterocycles. The molecule has 1 aromatic rings. The van der Waals surface area contributed by atoms with Crippen LogP contribution in [0.5, 0.6) is 0 Å². The SMILES string of the molecule is CCC/C(C)=C/C(O)CC(c1ccccc1)C1CC1. The Kier molecular flexibility index (Phi) is 5.21. The lowest BCUT2D eigenvalue weighted by Crippen LogP contribution is -2.12. The highest BCUT2D eigenvalue weighted by Gasteiger charge is 2.33. The highest BCUT2D eigenvalue weighted by molar-refractivity contribution is 5.22. The van der Waals surface area contributed by atoms with Crippen molar-refractivity contribution in [2.45, 2.75) is 58.0 Å². The maximum Gasteiger partial charge on any atom is 0.0729 e. The van der Waals surface area contributed by atoms with Crippen LogP contribution in [0.15, 0.2) is 42.0 Å². The molecule has 1 aliphatic carbocycles. The topological polar surface area (TPSA) is 20.2 Å². The molecule has 0 spiro atoms. The summed E-state index contributed by atoms with van der Waals surface area (Å²) in [6.07, 6.45) is 7.53. The number of benzene rings is 1. The molecular formula is C18H26O. The first-order valence-electron chi connectivity index (χ1n) is 7.61. The summed E-state index contributed by atoms with van der Waals surface area (Å²) in [7, 11) is 0. The molecule has 0 amide bonds. The van der Waals surface area contributed by atoms with Gasteiger partial charge in [0.15, 0.2) is 0 Å². The monoisotopic (exact) mass is 258 g/mol. The minimum absolute atomic E-state index is 0.294. The van der Waals surface area contributed by atoms with E-state index >= 15 is 0 Å². The third kappa shape index (κ3) is 4.50. The number of aliphatic hydroxyl groups excluding tert-OH is 1. The van der Waals surface area contributed by atoms with E-state index in [0.29, 0.717) is 5.92 Å². The Bertz CT molecular complexity index is 403. The third-order valence-electron chi connectivity index (χ3n) is 4.04. The largest absolute Gasteiger partial charge is 0.389 e. The van der Waals surface area contributed by atoms with Crippen LogP contribution in [-0.4, -0.2) is 11.2 Å². The van der Waals surface area contributed by atoms with Gasteiger partial charge in [0.05, 0.1) is 6.10 Å². The Morgan fingerprint density at radius 2 is 2.00 bits per heavy atom. The van der Waals surface area contributed by atoms with Gasteiger partial charge < -0.3 is 5.11 Å². The van der Waals surface area contributed by atoms with Gasteiger partial charge in [0.1, 0.15) is 0 Å². The van der Waals surface area contributed by atoms with Crippen LogP contribution in [0.4, 0.5) is 0 Å². The lowest BCUT2D eigenvalue weighted by atomic mass is 9.88. The molecule has 2 rings (SSSR count). The zero-order valence-corrected chi connectivity index (χ0v) is 12.2. The molecule has 1 fully saturated rings. The van der Waals surface area contributed by atoms with Crippen LogP contribution in [-0.2, 0) is 0 Å². The number of aliphatic hydroxyl groups is 1. The average Bonchev–Trinajstić information content (AvgIpc) is 3.21. The standard InChI is InChI=1S/C18H26O/c1-3-7-14(2)12-17(19)13-18(16-10-11-16)15-8-5-4-6-9-15/h4-6,8-9,12,16-19H,3,7,10-11,13H2,1-2H3/b14-12+. The fourth-order valence-corrected chi connectivity index (χ4v) is 2.93. The number of rotatable bonds is 7. The molecule has 1 nitrogen and oxygen atoms in total. The van der Waals surface area contributed by atoms with Crippen molar-refractivity contribution >= 4 is 0 Å². The number of hydrogen-bond acceptors (Lipinski definition) is 1. The molecule has 0 radical (unpaired) electrons. The van der Waals surface area contributed by atoms with E-state index in [1.807, 2.05) is 0 Å². The van der Waals surface area contributed by atoms with Crippen molar-refractivity contribution in [2.24, 2.45) is 5.92 Å². The van der Waals surface area contributed by atoms with Gasteiger partial charge >= 0.3 is 0 Å². The van der Waals surface area contributed by atoms with Gasteiger partial charge in [-0.1, -0.05) is 55.3 Å². The summed E-state index contributed by atoms with van der Waals surface area (Å²) in [4.78, 5) is 0. The van der Waals surface area contributed by atoms with Crippen molar-refractivity contribution < 1.29 is 5.11 Å². The van der Waals surface area contributed by atoms with E-state index < -0.39 is 0 Å². The van der Waals surface area contributed by atoms with Crippen molar-refractivity contribution in [1.29, 1.82) is 0 Å². The molecule has 104 valence electrons. The first kappa shape index (κ1) is 14.3. The molecule has 2 atom stereocenters. The van der Waals surface area contributed by atoms with Gasteiger partial charge in [-0.15, -0.1) is 0 Å². The summed E-state index contributed by atoms with van der Waals surface area (Å²) < 4.78 is 0.